The van der Waals surface area contributed by atoms with Gasteiger partial charge in [0.15, 0.2) is 0 Å². The zero-order chi connectivity index (χ0) is 23.2. The van der Waals surface area contributed by atoms with Crippen molar-refractivity contribution in [1.29, 1.82) is 0 Å². The molecule has 0 bridgehead atoms. The SMILES string of the molecule is CCCCCCCCCOC(=O)CCCCCC(=O)OCC(CO)(COC)COC=O. The lowest BCUT2D eigenvalue weighted by Crippen LogP contribution is -2.41. The minimum atomic E-state index is -0.968. The van der Waals surface area contributed by atoms with Crippen LogP contribution in [0.3, 0.4) is 0 Å². The number of hydrogen-bond donors (Lipinski definition) is 1. The lowest BCUT2D eigenvalue weighted by atomic mass is 9.92. The summed E-state index contributed by atoms with van der Waals surface area (Å²) in [6, 6.07) is 0. The minimum Gasteiger partial charge on any atom is -0.467 e. The largest absolute Gasteiger partial charge is 0.467 e. The van der Waals surface area contributed by atoms with E-state index in [2.05, 4.69) is 6.92 Å². The molecule has 0 aromatic rings. The molecule has 0 saturated heterocycles. The van der Waals surface area contributed by atoms with Gasteiger partial charge in [-0.15, -0.1) is 0 Å². The number of unbranched alkanes of at least 4 members (excludes halogenated alkanes) is 8. The van der Waals surface area contributed by atoms with Crippen molar-refractivity contribution < 1.29 is 38.4 Å². The van der Waals surface area contributed by atoms with E-state index >= 15 is 0 Å². The highest BCUT2D eigenvalue weighted by atomic mass is 16.5. The topological polar surface area (TPSA) is 108 Å². The summed E-state index contributed by atoms with van der Waals surface area (Å²) in [5.41, 5.74) is -0.968. The Kier molecular flexibility index (Phi) is 19.2. The summed E-state index contributed by atoms with van der Waals surface area (Å²) in [5, 5.41) is 9.57. The van der Waals surface area contributed by atoms with E-state index < -0.39 is 11.4 Å². The summed E-state index contributed by atoms with van der Waals surface area (Å²) in [6.07, 6.45) is 10.9. The number of carbonyl (C=O) groups excluding carboxylic acids is 3. The molecule has 31 heavy (non-hydrogen) atoms. The maximum absolute atomic E-state index is 11.9. The van der Waals surface area contributed by atoms with Crippen molar-refractivity contribution in [2.45, 2.75) is 84.0 Å². The third-order valence-corrected chi connectivity index (χ3v) is 5.06. The van der Waals surface area contributed by atoms with Gasteiger partial charge in [-0.25, -0.2) is 0 Å². The van der Waals surface area contributed by atoms with Crippen LogP contribution in [0.15, 0.2) is 0 Å². The van der Waals surface area contributed by atoms with Gasteiger partial charge in [-0.2, -0.15) is 0 Å². The van der Waals surface area contributed by atoms with Crippen molar-refractivity contribution in [3.05, 3.63) is 0 Å². The number of carbonyl (C=O) groups is 3. The standard InChI is InChI=1S/C23H42O8/c1-3-4-5-6-7-8-12-15-30-21(26)13-10-9-11-14-22(27)31-19-23(16-24,17-28-2)18-29-20-25/h20,24H,3-19H2,1-2H3. The van der Waals surface area contributed by atoms with Gasteiger partial charge in [0.1, 0.15) is 13.2 Å². The zero-order valence-electron chi connectivity index (χ0n) is 19.4. The number of methoxy groups -OCH3 is 1. The number of hydrogen-bond acceptors (Lipinski definition) is 8. The summed E-state index contributed by atoms with van der Waals surface area (Å²) < 4.78 is 20.2. The molecule has 1 atom stereocenters. The molecule has 0 aromatic heterocycles. The number of esters is 2. The molecule has 182 valence electrons. The van der Waals surface area contributed by atoms with Gasteiger partial charge in [-0.05, 0) is 19.3 Å². The van der Waals surface area contributed by atoms with Gasteiger partial charge in [0, 0.05) is 20.0 Å². The lowest BCUT2D eigenvalue weighted by Gasteiger charge is -2.29. The van der Waals surface area contributed by atoms with E-state index in [1.165, 1.54) is 39.2 Å². The first kappa shape index (κ1) is 29.3. The lowest BCUT2D eigenvalue weighted by molar-refractivity contribution is -0.155. The maximum atomic E-state index is 11.9. The van der Waals surface area contributed by atoms with Crippen molar-refractivity contribution in [3.8, 4) is 0 Å². The van der Waals surface area contributed by atoms with E-state index in [0.717, 1.165) is 19.3 Å². The van der Waals surface area contributed by atoms with Crippen LogP contribution in [0.1, 0.15) is 84.0 Å². The molecule has 0 rings (SSSR count). The molecule has 8 nitrogen and oxygen atoms in total. The van der Waals surface area contributed by atoms with Crippen LogP contribution < -0.4 is 0 Å². The van der Waals surface area contributed by atoms with Crippen LogP contribution >= 0.6 is 0 Å². The van der Waals surface area contributed by atoms with E-state index in [4.69, 9.17) is 18.9 Å². The summed E-state index contributed by atoms with van der Waals surface area (Å²) in [6.45, 7) is 2.51. The second kappa shape index (κ2) is 20.2. The number of aliphatic hydroxyl groups is 1. The number of ether oxygens (including phenoxy) is 4. The Balaban J connectivity index is 3.77. The molecule has 0 saturated carbocycles. The minimum absolute atomic E-state index is 0.0889. The fraction of sp³-hybridized carbons (Fsp3) is 0.870. The average Bonchev–Trinajstić information content (AvgIpc) is 2.77. The first-order valence-corrected chi connectivity index (χ1v) is 11.5. The monoisotopic (exact) mass is 446 g/mol. The van der Waals surface area contributed by atoms with E-state index in [9.17, 15) is 19.5 Å². The molecular formula is C23H42O8. The highest BCUT2D eigenvalue weighted by Gasteiger charge is 2.32. The highest BCUT2D eigenvalue weighted by molar-refractivity contribution is 5.69. The normalized spacial score (nSPS) is 12.7. The van der Waals surface area contributed by atoms with E-state index in [0.29, 0.717) is 25.9 Å². The Morgan fingerprint density at radius 1 is 0.806 bits per heavy atom. The van der Waals surface area contributed by atoms with Crippen molar-refractivity contribution in [2.24, 2.45) is 5.41 Å². The summed E-state index contributed by atoms with van der Waals surface area (Å²) >= 11 is 0. The first-order chi connectivity index (χ1) is 15.0. The Hall–Kier alpha value is -1.67. The van der Waals surface area contributed by atoms with Crippen LogP contribution in [0, 0.1) is 5.41 Å². The molecule has 8 heteroatoms. The molecule has 0 aliphatic carbocycles. The van der Waals surface area contributed by atoms with Gasteiger partial charge in [0.05, 0.1) is 25.2 Å². The second-order valence-electron chi connectivity index (χ2n) is 8.06. The molecule has 0 fully saturated rings. The van der Waals surface area contributed by atoms with Gasteiger partial charge in [0.2, 0.25) is 0 Å². The van der Waals surface area contributed by atoms with Crippen LogP contribution in [0.4, 0.5) is 0 Å². The molecule has 0 heterocycles. The van der Waals surface area contributed by atoms with E-state index in [-0.39, 0.29) is 45.3 Å². The predicted molar refractivity (Wildman–Crippen MR) is 116 cm³/mol. The molecule has 1 N–H and O–H groups in total. The highest BCUT2D eigenvalue weighted by Crippen LogP contribution is 2.19. The Labute approximate surface area is 187 Å². The maximum Gasteiger partial charge on any atom is 0.305 e. The molecule has 0 radical (unpaired) electrons. The Morgan fingerprint density at radius 3 is 1.97 bits per heavy atom. The summed E-state index contributed by atoms with van der Waals surface area (Å²) in [5.74, 6) is -0.586. The molecule has 0 aliphatic rings. The van der Waals surface area contributed by atoms with Crippen molar-refractivity contribution in [3.63, 3.8) is 0 Å². The van der Waals surface area contributed by atoms with Gasteiger partial charge in [0.25, 0.3) is 6.47 Å². The van der Waals surface area contributed by atoms with Crippen LogP contribution in [0.2, 0.25) is 0 Å². The third kappa shape index (κ3) is 16.7. The van der Waals surface area contributed by atoms with Crippen molar-refractivity contribution in [1.82, 2.24) is 0 Å². The average molecular weight is 447 g/mol. The Bertz CT molecular complexity index is 468. The van der Waals surface area contributed by atoms with Gasteiger partial charge < -0.3 is 24.1 Å². The molecule has 1 unspecified atom stereocenters. The molecule has 0 spiro atoms. The first-order valence-electron chi connectivity index (χ1n) is 11.5. The third-order valence-electron chi connectivity index (χ3n) is 5.06. The van der Waals surface area contributed by atoms with Gasteiger partial charge in [-0.3, -0.25) is 14.4 Å². The van der Waals surface area contributed by atoms with E-state index in [1.54, 1.807) is 0 Å². The van der Waals surface area contributed by atoms with Crippen LogP contribution in [-0.2, 0) is 33.3 Å². The van der Waals surface area contributed by atoms with Crippen LogP contribution in [0.5, 0.6) is 0 Å². The summed E-state index contributed by atoms with van der Waals surface area (Å²) in [4.78, 5) is 34.0. The zero-order valence-corrected chi connectivity index (χ0v) is 19.4. The van der Waals surface area contributed by atoms with Crippen molar-refractivity contribution >= 4 is 18.4 Å². The fourth-order valence-corrected chi connectivity index (χ4v) is 3.12. The summed E-state index contributed by atoms with van der Waals surface area (Å²) in [7, 11) is 1.45. The second-order valence-corrected chi connectivity index (χ2v) is 8.06. The molecule has 0 aliphatic heterocycles. The predicted octanol–water partition coefficient (Wildman–Crippen LogP) is 3.57. The van der Waals surface area contributed by atoms with Crippen molar-refractivity contribution in [2.75, 3.05) is 40.1 Å². The number of rotatable bonds is 22. The van der Waals surface area contributed by atoms with Gasteiger partial charge in [-0.1, -0.05) is 51.9 Å². The van der Waals surface area contributed by atoms with Crippen LogP contribution in [-0.4, -0.2) is 63.7 Å². The van der Waals surface area contributed by atoms with Gasteiger partial charge >= 0.3 is 11.9 Å². The fourth-order valence-electron chi connectivity index (χ4n) is 3.12. The Morgan fingerprint density at radius 2 is 1.39 bits per heavy atom. The van der Waals surface area contributed by atoms with E-state index in [1.807, 2.05) is 0 Å². The van der Waals surface area contributed by atoms with Crippen LogP contribution in [0.25, 0.3) is 0 Å². The smallest absolute Gasteiger partial charge is 0.305 e. The molecular weight excluding hydrogens is 404 g/mol. The molecule has 0 aromatic carbocycles. The quantitative estimate of drug-likeness (QED) is 0.116. The molecule has 0 amide bonds. The number of aliphatic hydroxyl groups excluding tert-OH is 1.